The van der Waals surface area contributed by atoms with Crippen LogP contribution in [0.5, 0.6) is 5.75 Å². The summed E-state index contributed by atoms with van der Waals surface area (Å²) in [6.45, 7) is 2.94. The van der Waals surface area contributed by atoms with Gasteiger partial charge in [-0.2, -0.15) is 0 Å². The molecule has 7 heteroatoms. The lowest BCUT2D eigenvalue weighted by molar-refractivity contribution is -0.222. The molecule has 1 aliphatic heterocycles. The van der Waals surface area contributed by atoms with E-state index in [9.17, 15) is 19.5 Å². The number of carbonyl (C=O) groups excluding carboxylic acids is 3. The summed E-state index contributed by atoms with van der Waals surface area (Å²) >= 11 is 0. The molecule has 0 amide bonds. The van der Waals surface area contributed by atoms with Crippen LogP contribution in [0.2, 0.25) is 0 Å². The number of aromatic hydroxyl groups is 1. The molecular formula is C20H17NO6. The van der Waals surface area contributed by atoms with Gasteiger partial charge >= 0.3 is 11.9 Å². The van der Waals surface area contributed by atoms with Crippen molar-refractivity contribution < 1.29 is 29.0 Å². The summed E-state index contributed by atoms with van der Waals surface area (Å²) in [4.78, 5) is 36.1. The molecule has 0 bridgehead atoms. The molecule has 1 heterocycles. The van der Waals surface area contributed by atoms with Crippen molar-refractivity contribution in [2.24, 2.45) is 0 Å². The minimum atomic E-state index is -1.29. The Morgan fingerprint density at radius 3 is 1.93 bits per heavy atom. The topological polar surface area (TPSA) is 102 Å². The average Bonchev–Trinajstić information content (AvgIpc) is 2.60. The summed E-state index contributed by atoms with van der Waals surface area (Å²) in [6.07, 6.45) is 1.21. The Hall–Kier alpha value is -3.61. The van der Waals surface area contributed by atoms with Crippen LogP contribution in [0.4, 0.5) is 5.69 Å². The first kappa shape index (κ1) is 18.2. The summed E-state index contributed by atoms with van der Waals surface area (Å²) in [5.74, 6) is -2.95. The number of phenols is 1. The van der Waals surface area contributed by atoms with Crippen LogP contribution in [0.25, 0.3) is 0 Å². The molecule has 0 aliphatic carbocycles. The molecule has 7 nitrogen and oxygen atoms in total. The number of cyclic esters (lactones) is 2. The van der Waals surface area contributed by atoms with Gasteiger partial charge in [0.15, 0.2) is 11.4 Å². The number of phenolic OH excluding ortho intramolecular Hbond substituents is 1. The standard InChI is InChI=1S/C20H17NO6/c1-20(2)26-18(24)16(19(25)27-20)11-21-14-7-3-12(4-8-14)17(23)13-5-9-15(22)10-6-13/h3-11,21-22H,1-2H3. The van der Waals surface area contributed by atoms with Crippen LogP contribution in [0.1, 0.15) is 29.8 Å². The fourth-order valence-electron chi connectivity index (χ4n) is 2.43. The minimum absolute atomic E-state index is 0.0855. The maximum atomic E-state index is 12.4. The quantitative estimate of drug-likeness (QED) is 0.371. The lowest BCUT2D eigenvalue weighted by atomic mass is 10.0. The summed E-state index contributed by atoms with van der Waals surface area (Å²) in [6, 6.07) is 12.4. The van der Waals surface area contributed by atoms with Gasteiger partial charge in [-0.25, -0.2) is 9.59 Å². The Balaban J connectivity index is 1.71. The maximum Gasteiger partial charge on any atom is 0.350 e. The molecule has 2 N–H and O–H groups in total. The number of nitrogens with one attached hydrogen (secondary N) is 1. The van der Waals surface area contributed by atoms with E-state index in [0.717, 1.165) is 0 Å². The van der Waals surface area contributed by atoms with E-state index in [1.807, 2.05) is 0 Å². The molecule has 0 radical (unpaired) electrons. The fraction of sp³-hybridized carbons (Fsp3) is 0.150. The SMILES string of the molecule is CC1(C)OC(=O)C(=CNc2ccc(C(=O)c3ccc(O)cc3)cc2)C(=O)O1. The van der Waals surface area contributed by atoms with E-state index in [0.29, 0.717) is 16.8 Å². The van der Waals surface area contributed by atoms with Crippen molar-refractivity contribution in [1.29, 1.82) is 0 Å². The van der Waals surface area contributed by atoms with E-state index in [-0.39, 0.29) is 17.1 Å². The molecule has 138 valence electrons. The predicted molar refractivity (Wildman–Crippen MR) is 96.0 cm³/mol. The number of ketones is 1. The van der Waals surface area contributed by atoms with Crippen LogP contribution in [0.15, 0.2) is 60.3 Å². The lowest BCUT2D eigenvalue weighted by Crippen LogP contribution is -2.42. The molecule has 2 aromatic carbocycles. The third-order valence-corrected chi connectivity index (χ3v) is 3.78. The highest BCUT2D eigenvalue weighted by molar-refractivity contribution is 6.15. The summed E-state index contributed by atoms with van der Waals surface area (Å²) in [5, 5.41) is 12.1. The van der Waals surface area contributed by atoms with Crippen LogP contribution in [0.3, 0.4) is 0 Å². The second kappa shape index (κ2) is 6.95. The van der Waals surface area contributed by atoms with Gasteiger partial charge in [0.25, 0.3) is 5.79 Å². The molecule has 27 heavy (non-hydrogen) atoms. The summed E-state index contributed by atoms with van der Waals surface area (Å²) in [5.41, 5.74) is 1.22. The van der Waals surface area contributed by atoms with Crippen LogP contribution in [-0.4, -0.2) is 28.6 Å². The molecule has 0 saturated carbocycles. The second-order valence-electron chi connectivity index (χ2n) is 6.33. The monoisotopic (exact) mass is 367 g/mol. The Bertz CT molecular complexity index is 904. The number of hydrogen-bond donors (Lipinski definition) is 2. The zero-order valence-corrected chi connectivity index (χ0v) is 14.7. The Kier molecular flexibility index (Phi) is 4.68. The highest BCUT2D eigenvalue weighted by Gasteiger charge is 2.38. The molecule has 0 atom stereocenters. The van der Waals surface area contributed by atoms with Crippen LogP contribution in [0, 0.1) is 0 Å². The smallest absolute Gasteiger partial charge is 0.350 e. The van der Waals surface area contributed by atoms with Gasteiger partial charge in [0.1, 0.15) is 5.75 Å². The molecule has 1 fully saturated rings. The first-order valence-electron chi connectivity index (χ1n) is 8.12. The van der Waals surface area contributed by atoms with Crippen LogP contribution >= 0.6 is 0 Å². The zero-order chi connectivity index (χ0) is 19.6. The largest absolute Gasteiger partial charge is 0.508 e. The van der Waals surface area contributed by atoms with Crippen molar-refractivity contribution >= 4 is 23.4 Å². The van der Waals surface area contributed by atoms with E-state index >= 15 is 0 Å². The van der Waals surface area contributed by atoms with Crippen LogP contribution in [-0.2, 0) is 19.1 Å². The molecule has 3 rings (SSSR count). The molecular weight excluding hydrogens is 350 g/mol. The fourth-order valence-corrected chi connectivity index (χ4v) is 2.43. The molecule has 0 aromatic heterocycles. The number of anilines is 1. The van der Waals surface area contributed by atoms with E-state index < -0.39 is 17.7 Å². The van der Waals surface area contributed by atoms with Gasteiger partial charge in [0, 0.05) is 36.9 Å². The number of rotatable bonds is 4. The number of carbonyl (C=O) groups is 3. The van der Waals surface area contributed by atoms with Gasteiger partial charge in [-0.05, 0) is 48.5 Å². The lowest BCUT2D eigenvalue weighted by Gasteiger charge is -2.29. The van der Waals surface area contributed by atoms with Gasteiger partial charge in [-0.15, -0.1) is 0 Å². The first-order valence-corrected chi connectivity index (χ1v) is 8.12. The Labute approximate surface area is 155 Å². The van der Waals surface area contributed by atoms with E-state index in [1.165, 1.54) is 44.3 Å². The Morgan fingerprint density at radius 1 is 0.926 bits per heavy atom. The summed E-state index contributed by atoms with van der Waals surface area (Å²) < 4.78 is 10.0. The number of hydrogen-bond acceptors (Lipinski definition) is 7. The van der Waals surface area contributed by atoms with Gasteiger partial charge in [0.05, 0.1) is 0 Å². The van der Waals surface area contributed by atoms with Gasteiger partial charge < -0.3 is 19.9 Å². The zero-order valence-electron chi connectivity index (χ0n) is 14.7. The molecule has 0 unspecified atom stereocenters. The minimum Gasteiger partial charge on any atom is -0.508 e. The molecule has 1 saturated heterocycles. The average molecular weight is 367 g/mol. The maximum absolute atomic E-state index is 12.4. The van der Waals surface area contributed by atoms with Crippen molar-refractivity contribution in [1.82, 2.24) is 0 Å². The number of ether oxygens (including phenoxy) is 2. The highest BCUT2D eigenvalue weighted by atomic mass is 16.7. The van der Waals surface area contributed by atoms with Crippen LogP contribution < -0.4 is 5.32 Å². The molecule has 2 aromatic rings. The van der Waals surface area contributed by atoms with E-state index in [4.69, 9.17) is 9.47 Å². The van der Waals surface area contributed by atoms with Crippen molar-refractivity contribution in [3.63, 3.8) is 0 Å². The first-order chi connectivity index (χ1) is 12.7. The van der Waals surface area contributed by atoms with Crippen molar-refractivity contribution in [3.8, 4) is 5.75 Å². The second-order valence-corrected chi connectivity index (χ2v) is 6.33. The van der Waals surface area contributed by atoms with E-state index in [1.54, 1.807) is 24.3 Å². The summed E-state index contributed by atoms with van der Waals surface area (Å²) in [7, 11) is 0. The van der Waals surface area contributed by atoms with Crippen molar-refractivity contribution in [2.45, 2.75) is 19.6 Å². The predicted octanol–water partition coefficient (Wildman–Crippen LogP) is 2.76. The third-order valence-electron chi connectivity index (χ3n) is 3.78. The normalized spacial score (nSPS) is 15.6. The molecule has 1 aliphatic rings. The van der Waals surface area contributed by atoms with Crippen molar-refractivity contribution in [3.05, 3.63) is 71.4 Å². The number of esters is 2. The molecule has 0 spiro atoms. The number of benzene rings is 2. The van der Waals surface area contributed by atoms with E-state index in [2.05, 4.69) is 5.32 Å². The van der Waals surface area contributed by atoms with Gasteiger partial charge in [-0.3, -0.25) is 4.79 Å². The third kappa shape index (κ3) is 4.14. The Morgan fingerprint density at radius 2 is 1.41 bits per heavy atom. The van der Waals surface area contributed by atoms with Gasteiger partial charge in [-0.1, -0.05) is 0 Å². The van der Waals surface area contributed by atoms with Crippen molar-refractivity contribution in [2.75, 3.05) is 5.32 Å². The van der Waals surface area contributed by atoms with Gasteiger partial charge in [0.2, 0.25) is 0 Å². The highest BCUT2D eigenvalue weighted by Crippen LogP contribution is 2.23.